The van der Waals surface area contributed by atoms with Gasteiger partial charge in [0.2, 0.25) is 11.8 Å². The standard InChI is InChI=1S/C15H15N3O3/c1-21-8-2-3-9-10-5-13-15(20)16-6-14(19)18(13)7-12(10)17-11(9)4-8/h2-4,13,17H,5-7H2,1H3,(H,16,20)/t13-/m0/s1. The van der Waals surface area contributed by atoms with Gasteiger partial charge in [-0.15, -0.1) is 0 Å². The Bertz CT molecular complexity index is 765. The van der Waals surface area contributed by atoms with Crippen molar-refractivity contribution >= 4 is 22.7 Å². The van der Waals surface area contributed by atoms with E-state index in [-0.39, 0.29) is 24.4 Å². The second kappa shape index (κ2) is 4.25. The molecule has 1 saturated heterocycles. The summed E-state index contributed by atoms with van der Waals surface area (Å²) in [5.41, 5.74) is 3.11. The molecule has 2 aliphatic rings. The summed E-state index contributed by atoms with van der Waals surface area (Å²) in [5, 5.41) is 3.75. The van der Waals surface area contributed by atoms with Gasteiger partial charge in [-0.3, -0.25) is 9.59 Å². The van der Waals surface area contributed by atoms with Crippen molar-refractivity contribution in [3.8, 4) is 5.75 Å². The zero-order valence-electron chi connectivity index (χ0n) is 11.6. The molecule has 0 radical (unpaired) electrons. The Morgan fingerprint density at radius 2 is 2.19 bits per heavy atom. The average Bonchev–Trinajstić information content (AvgIpc) is 2.86. The van der Waals surface area contributed by atoms with Crippen molar-refractivity contribution in [3.63, 3.8) is 0 Å². The SMILES string of the molecule is COc1ccc2c3c([nH]c2c1)CN1C(=O)CNC(=O)[C@@H]1C3. The third-order valence-corrected chi connectivity index (χ3v) is 4.34. The first-order chi connectivity index (χ1) is 10.2. The number of hydrogen-bond acceptors (Lipinski definition) is 3. The molecule has 1 atom stereocenters. The van der Waals surface area contributed by atoms with Gasteiger partial charge in [0.15, 0.2) is 0 Å². The molecule has 1 fully saturated rings. The summed E-state index contributed by atoms with van der Waals surface area (Å²) in [7, 11) is 1.63. The van der Waals surface area contributed by atoms with E-state index < -0.39 is 0 Å². The summed E-state index contributed by atoms with van der Waals surface area (Å²) >= 11 is 0. The van der Waals surface area contributed by atoms with Gasteiger partial charge in [0.05, 0.1) is 20.2 Å². The maximum absolute atomic E-state index is 12.0. The van der Waals surface area contributed by atoms with Crippen LogP contribution in [0.2, 0.25) is 0 Å². The second-order valence-electron chi connectivity index (χ2n) is 5.45. The Hall–Kier alpha value is -2.50. The van der Waals surface area contributed by atoms with E-state index in [9.17, 15) is 9.59 Å². The van der Waals surface area contributed by atoms with Crippen LogP contribution in [-0.2, 0) is 22.6 Å². The monoisotopic (exact) mass is 285 g/mol. The van der Waals surface area contributed by atoms with Crippen molar-refractivity contribution < 1.29 is 14.3 Å². The molecule has 2 aliphatic heterocycles. The van der Waals surface area contributed by atoms with Crippen LogP contribution in [0, 0.1) is 0 Å². The molecule has 108 valence electrons. The number of carbonyl (C=O) groups excluding carboxylic acids is 2. The van der Waals surface area contributed by atoms with Crippen LogP contribution in [0.3, 0.4) is 0 Å². The number of aromatic nitrogens is 1. The molecule has 0 aliphatic carbocycles. The summed E-state index contributed by atoms with van der Waals surface area (Å²) in [6, 6.07) is 5.46. The maximum atomic E-state index is 12.0. The first kappa shape index (κ1) is 12.3. The van der Waals surface area contributed by atoms with Gasteiger partial charge in [-0.25, -0.2) is 0 Å². The number of piperazine rings is 1. The van der Waals surface area contributed by atoms with Gasteiger partial charge in [0, 0.05) is 29.1 Å². The zero-order valence-corrected chi connectivity index (χ0v) is 11.6. The number of hydrogen-bond donors (Lipinski definition) is 2. The summed E-state index contributed by atoms with van der Waals surface area (Å²) in [6.45, 7) is 0.558. The van der Waals surface area contributed by atoms with Crippen molar-refractivity contribution in [2.24, 2.45) is 0 Å². The highest BCUT2D eigenvalue weighted by molar-refractivity contribution is 5.96. The van der Waals surface area contributed by atoms with E-state index in [1.807, 2.05) is 18.2 Å². The molecule has 2 N–H and O–H groups in total. The van der Waals surface area contributed by atoms with Gasteiger partial charge in [-0.05, 0) is 17.7 Å². The summed E-state index contributed by atoms with van der Waals surface area (Å²) in [5.74, 6) is 0.692. The fourth-order valence-corrected chi connectivity index (χ4v) is 3.25. The third-order valence-electron chi connectivity index (χ3n) is 4.34. The van der Waals surface area contributed by atoms with Crippen molar-refractivity contribution in [2.45, 2.75) is 19.0 Å². The maximum Gasteiger partial charge on any atom is 0.243 e. The minimum atomic E-state index is -0.389. The predicted molar refractivity (Wildman–Crippen MR) is 75.9 cm³/mol. The van der Waals surface area contributed by atoms with Gasteiger partial charge in [-0.2, -0.15) is 0 Å². The molecule has 6 heteroatoms. The summed E-state index contributed by atoms with van der Waals surface area (Å²) in [6.07, 6.45) is 0.555. The lowest BCUT2D eigenvalue weighted by Crippen LogP contribution is -2.60. The van der Waals surface area contributed by atoms with Gasteiger partial charge in [-0.1, -0.05) is 0 Å². The van der Waals surface area contributed by atoms with Crippen LogP contribution in [0.4, 0.5) is 0 Å². The minimum absolute atomic E-state index is 0.0264. The predicted octanol–water partition coefficient (Wildman–Crippen LogP) is 0.560. The number of amides is 2. The number of nitrogens with zero attached hydrogens (tertiary/aromatic N) is 1. The highest BCUT2D eigenvalue weighted by atomic mass is 16.5. The fourth-order valence-electron chi connectivity index (χ4n) is 3.25. The van der Waals surface area contributed by atoms with Gasteiger partial charge in [0.25, 0.3) is 0 Å². The van der Waals surface area contributed by atoms with E-state index >= 15 is 0 Å². The molecule has 2 amide bonds. The number of carbonyl (C=O) groups is 2. The van der Waals surface area contributed by atoms with Crippen molar-refractivity contribution in [1.82, 2.24) is 15.2 Å². The Labute approximate surface area is 121 Å². The Kier molecular flexibility index (Phi) is 2.48. The molecule has 21 heavy (non-hydrogen) atoms. The molecule has 0 saturated carbocycles. The lowest BCUT2D eigenvalue weighted by atomic mass is 9.94. The number of H-pyrrole nitrogens is 1. The molecule has 0 unspecified atom stereocenters. The Balaban J connectivity index is 1.82. The number of aromatic amines is 1. The van der Waals surface area contributed by atoms with E-state index in [4.69, 9.17) is 4.74 Å². The van der Waals surface area contributed by atoms with E-state index in [2.05, 4.69) is 10.3 Å². The number of rotatable bonds is 1. The van der Waals surface area contributed by atoms with Crippen LogP contribution in [0.5, 0.6) is 5.75 Å². The number of methoxy groups -OCH3 is 1. The molecule has 0 bridgehead atoms. The number of benzene rings is 1. The van der Waals surface area contributed by atoms with E-state index in [0.717, 1.165) is 27.9 Å². The molecule has 4 rings (SSSR count). The van der Waals surface area contributed by atoms with Crippen molar-refractivity contribution in [2.75, 3.05) is 13.7 Å². The van der Waals surface area contributed by atoms with Crippen LogP contribution in [0.1, 0.15) is 11.3 Å². The molecular formula is C15H15N3O3. The highest BCUT2D eigenvalue weighted by Gasteiger charge is 2.39. The molecule has 2 aromatic rings. The number of nitrogens with one attached hydrogen (secondary N) is 2. The van der Waals surface area contributed by atoms with Gasteiger partial charge in [0.1, 0.15) is 11.8 Å². The molecule has 1 aromatic carbocycles. The minimum Gasteiger partial charge on any atom is -0.497 e. The summed E-state index contributed by atoms with van der Waals surface area (Å²) in [4.78, 5) is 29.0. The molecular weight excluding hydrogens is 270 g/mol. The molecule has 1 aromatic heterocycles. The van der Waals surface area contributed by atoms with Crippen molar-refractivity contribution in [1.29, 1.82) is 0 Å². The van der Waals surface area contributed by atoms with Crippen LogP contribution >= 0.6 is 0 Å². The second-order valence-corrected chi connectivity index (χ2v) is 5.45. The molecule has 0 spiro atoms. The third kappa shape index (κ3) is 1.72. The largest absolute Gasteiger partial charge is 0.497 e. The molecule has 3 heterocycles. The van der Waals surface area contributed by atoms with Crippen LogP contribution in [0.25, 0.3) is 10.9 Å². The van der Waals surface area contributed by atoms with E-state index in [1.54, 1.807) is 12.0 Å². The first-order valence-electron chi connectivity index (χ1n) is 6.92. The Morgan fingerprint density at radius 1 is 1.33 bits per heavy atom. The lowest BCUT2D eigenvalue weighted by Gasteiger charge is -2.38. The average molecular weight is 285 g/mol. The molecule has 6 nitrogen and oxygen atoms in total. The zero-order chi connectivity index (χ0) is 14.6. The van der Waals surface area contributed by atoms with Gasteiger partial charge < -0.3 is 19.9 Å². The van der Waals surface area contributed by atoms with E-state index in [0.29, 0.717) is 13.0 Å². The van der Waals surface area contributed by atoms with Crippen LogP contribution in [-0.4, -0.2) is 41.4 Å². The Morgan fingerprint density at radius 3 is 3.00 bits per heavy atom. The highest BCUT2D eigenvalue weighted by Crippen LogP contribution is 2.32. The summed E-state index contributed by atoms with van der Waals surface area (Å²) < 4.78 is 5.23. The number of ether oxygens (including phenoxy) is 1. The number of fused-ring (bicyclic) bond motifs is 4. The smallest absolute Gasteiger partial charge is 0.243 e. The van der Waals surface area contributed by atoms with Crippen LogP contribution < -0.4 is 10.1 Å². The first-order valence-corrected chi connectivity index (χ1v) is 6.92. The van der Waals surface area contributed by atoms with Crippen molar-refractivity contribution in [3.05, 3.63) is 29.5 Å². The normalized spacial score (nSPS) is 21.0. The quantitative estimate of drug-likeness (QED) is 0.804. The van der Waals surface area contributed by atoms with E-state index in [1.165, 1.54) is 0 Å². The van der Waals surface area contributed by atoms with Crippen LogP contribution in [0.15, 0.2) is 18.2 Å². The lowest BCUT2D eigenvalue weighted by molar-refractivity contribution is -0.146. The fraction of sp³-hybridized carbons (Fsp3) is 0.333. The topological polar surface area (TPSA) is 74.4 Å². The van der Waals surface area contributed by atoms with Gasteiger partial charge >= 0.3 is 0 Å².